The SMILES string of the molecule is C=C(C)C(=O)OCC(=O)CCCCCOC(=O)CCCCCOC(=O)CCCCCOC(=O)CCCCCOC(=O)CCCCCO. The Labute approximate surface area is 280 Å². The van der Waals surface area contributed by atoms with E-state index in [-0.39, 0.29) is 48.4 Å². The number of unbranched alkanes of at least 4 members (excludes halogenated alkanes) is 10. The third-order valence-electron chi connectivity index (χ3n) is 6.98. The van der Waals surface area contributed by atoms with Gasteiger partial charge in [-0.05, 0) is 96.8 Å². The highest BCUT2D eigenvalue weighted by Gasteiger charge is 2.09. The number of aliphatic hydroxyl groups is 1. The van der Waals surface area contributed by atoms with E-state index in [1.165, 1.54) is 6.92 Å². The van der Waals surface area contributed by atoms with E-state index in [1.807, 2.05) is 0 Å². The number of esters is 5. The number of hydrogen-bond acceptors (Lipinski definition) is 12. The maximum atomic E-state index is 11.9. The minimum absolute atomic E-state index is 0.139. The van der Waals surface area contributed by atoms with Gasteiger partial charge in [-0.3, -0.25) is 24.0 Å². The Hall–Kier alpha value is -3.28. The van der Waals surface area contributed by atoms with Crippen LogP contribution >= 0.6 is 0 Å². The molecule has 0 unspecified atom stereocenters. The van der Waals surface area contributed by atoms with E-state index in [1.54, 1.807) is 0 Å². The molecule has 12 heteroatoms. The van der Waals surface area contributed by atoms with Gasteiger partial charge in [-0.15, -0.1) is 0 Å². The Bertz CT molecular complexity index is 914. The number of carbonyl (C=O) groups excluding carboxylic acids is 6. The maximum Gasteiger partial charge on any atom is 0.333 e. The van der Waals surface area contributed by atoms with Crippen LogP contribution < -0.4 is 0 Å². The Balaban J connectivity index is 3.48. The van der Waals surface area contributed by atoms with Crippen molar-refractivity contribution in [1.29, 1.82) is 0 Å². The second-order valence-electron chi connectivity index (χ2n) is 11.6. The molecule has 12 nitrogen and oxygen atoms in total. The molecule has 0 radical (unpaired) electrons. The summed E-state index contributed by atoms with van der Waals surface area (Å²) in [6.45, 7) is 6.14. The lowest BCUT2D eigenvalue weighted by Crippen LogP contribution is -2.14. The van der Waals surface area contributed by atoms with Gasteiger partial charge in [-0.1, -0.05) is 13.0 Å². The number of ether oxygens (including phenoxy) is 5. The predicted molar refractivity (Wildman–Crippen MR) is 174 cm³/mol. The van der Waals surface area contributed by atoms with E-state index in [0.717, 1.165) is 38.5 Å². The molecule has 1 N–H and O–H groups in total. The van der Waals surface area contributed by atoms with Crippen molar-refractivity contribution >= 4 is 35.6 Å². The van der Waals surface area contributed by atoms with Crippen molar-refractivity contribution in [2.75, 3.05) is 39.6 Å². The molecule has 0 saturated heterocycles. The molecule has 270 valence electrons. The topological polar surface area (TPSA) is 169 Å². The van der Waals surface area contributed by atoms with Crippen LogP contribution in [0, 0.1) is 0 Å². The molecule has 0 spiro atoms. The van der Waals surface area contributed by atoms with Gasteiger partial charge < -0.3 is 28.8 Å². The molecule has 0 aromatic rings. The fourth-order valence-electron chi connectivity index (χ4n) is 4.18. The van der Waals surface area contributed by atoms with Crippen molar-refractivity contribution in [1.82, 2.24) is 0 Å². The smallest absolute Gasteiger partial charge is 0.333 e. The highest BCUT2D eigenvalue weighted by Crippen LogP contribution is 2.08. The molecular weight excluding hydrogens is 612 g/mol. The summed E-state index contributed by atoms with van der Waals surface area (Å²) in [5, 5.41) is 8.71. The lowest BCUT2D eigenvalue weighted by molar-refractivity contribution is -0.145. The van der Waals surface area contributed by atoms with Crippen molar-refractivity contribution in [2.24, 2.45) is 0 Å². The number of hydrogen-bond donors (Lipinski definition) is 1. The molecule has 0 aliphatic carbocycles. The van der Waals surface area contributed by atoms with E-state index in [9.17, 15) is 28.8 Å². The molecule has 0 aromatic heterocycles. The van der Waals surface area contributed by atoms with Gasteiger partial charge >= 0.3 is 29.8 Å². The normalized spacial score (nSPS) is 10.6. The van der Waals surface area contributed by atoms with Crippen LogP contribution in [0.15, 0.2) is 12.2 Å². The Kier molecular flexibility index (Phi) is 29.1. The highest BCUT2D eigenvalue weighted by atomic mass is 16.5. The van der Waals surface area contributed by atoms with Gasteiger partial charge in [-0.25, -0.2) is 4.79 Å². The first kappa shape index (κ1) is 43.7. The van der Waals surface area contributed by atoms with Crippen molar-refractivity contribution in [2.45, 2.75) is 135 Å². The van der Waals surface area contributed by atoms with Crippen LogP contribution in [-0.2, 0) is 52.5 Å². The molecule has 0 saturated carbocycles. The molecule has 0 aromatic carbocycles. The van der Waals surface area contributed by atoms with Crippen LogP contribution in [0.5, 0.6) is 0 Å². The minimum atomic E-state index is -0.575. The van der Waals surface area contributed by atoms with Gasteiger partial charge in [0.2, 0.25) is 0 Å². The molecule has 0 aliphatic rings. The van der Waals surface area contributed by atoms with Crippen LogP contribution in [0.3, 0.4) is 0 Å². The first-order chi connectivity index (χ1) is 22.6. The fourth-order valence-corrected chi connectivity index (χ4v) is 4.18. The summed E-state index contributed by atoms with van der Waals surface area (Å²) < 4.78 is 25.6. The first-order valence-corrected chi connectivity index (χ1v) is 17.2. The van der Waals surface area contributed by atoms with Crippen molar-refractivity contribution in [3.8, 4) is 0 Å². The van der Waals surface area contributed by atoms with Crippen LogP contribution in [0.25, 0.3) is 0 Å². The standard InChI is InChI=1S/C35H58O12/c1-29(2)35(42)47-28-30(37)18-8-4-14-24-43-32(39)20-10-6-16-26-45-34(41)22-12-7-17-27-46-33(40)21-11-5-15-25-44-31(38)19-9-3-13-23-36/h36H,1,3-28H2,2H3. The highest BCUT2D eigenvalue weighted by molar-refractivity contribution is 5.89. The molecule has 0 rings (SSSR count). The van der Waals surface area contributed by atoms with Crippen LogP contribution in [0.2, 0.25) is 0 Å². The number of carbonyl (C=O) groups is 6. The molecule has 0 atom stereocenters. The molecule has 0 amide bonds. The van der Waals surface area contributed by atoms with Gasteiger partial charge in [0, 0.05) is 44.3 Å². The number of ketones is 1. The van der Waals surface area contributed by atoms with E-state index in [4.69, 9.17) is 28.8 Å². The molecular formula is C35H58O12. The zero-order chi connectivity index (χ0) is 35.0. The zero-order valence-corrected chi connectivity index (χ0v) is 28.5. The zero-order valence-electron chi connectivity index (χ0n) is 28.5. The second-order valence-corrected chi connectivity index (χ2v) is 11.6. The average Bonchev–Trinajstić information content (AvgIpc) is 3.04. The monoisotopic (exact) mass is 670 g/mol. The average molecular weight is 671 g/mol. The summed E-state index contributed by atoms with van der Waals surface area (Å²) in [4.78, 5) is 70.0. The van der Waals surface area contributed by atoms with Crippen LogP contribution in [0.1, 0.15) is 135 Å². The van der Waals surface area contributed by atoms with Gasteiger partial charge in [0.05, 0.1) is 26.4 Å². The Morgan fingerprint density at radius 1 is 0.447 bits per heavy atom. The number of aliphatic hydroxyl groups excluding tert-OH is 1. The second kappa shape index (κ2) is 31.3. The van der Waals surface area contributed by atoms with Gasteiger partial charge in [0.15, 0.2) is 5.78 Å². The van der Waals surface area contributed by atoms with E-state index >= 15 is 0 Å². The number of rotatable bonds is 32. The molecule has 47 heavy (non-hydrogen) atoms. The molecule has 0 aliphatic heterocycles. The van der Waals surface area contributed by atoms with E-state index in [2.05, 4.69) is 6.58 Å². The molecule has 0 bridgehead atoms. The summed E-state index contributed by atoms with van der Waals surface area (Å²) in [7, 11) is 0. The van der Waals surface area contributed by atoms with Gasteiger partial charge in [0.1, 0.15) is 6.61 Å². The van der Waals surface area contributed by atoms with Crippen molar-refractivity contribution < 1.29 is 57.6 Å². The minimum Gasteiger partial charge on any atom is -0.466 e. The fraction of sp³-hybridized carbons (Fsp3) is 0.771. The quantitative estimate of drug-likeness (QED) is 0.0405. The Morgan fingerprint density at radius 2 is 0.766 bits per heavy atom. The van der Waals surface area contributed by atoms with Crippen molar-refractivity contribution in [3.63, 3.8) is 0 Å². The molecule has 0 heterocycles. The third kappa shape index (κ3) is 31.1. The first-order valence-electron chi connectivity index (χ1n) is 17.2. The summed E-state index contributed by atoms with van der Waals surface area (Å²) in [5.41, 5.74) is 0.252. The van der Waals surface area contributed by atoms with Gasteiger partial charge in [0.25, 0.3) is 0 Å². The summed E-state index contributed by atoms with van der Waals surface area (Å²) >= 11 is 0. The maximum absolute atomic E-state index is 11.9. The lowest BCUT2D eigenvalue weighted by atomic mass is 10.1. The largest absolute Gasteiger partial charge is 0.466 e. The van der Waals surface area contributed by atoms with E-state index < -0.39 is 5.97 Å². The van der Waals surface area contributed by atoms with Crippen LogP contribution in [0.4, 0.5) is 0 Å². The predicted octanol–water partition coefficient (Wildman–Crippen LogP) is 5.64. The van der Waals surface area contributed by atoms with Crippen LogP contribution in [-0.4, -0.2) is 80.4 Å². The summed E-state index contributed by atoms with van der Waals surface area (Å²) in [6, 6.07) is 0. The summed E-state index contributed by atoms with van der Waals surface area (Å²) in [5.74, 6) is -1.73. The summed E-state index contributed by atoms with van der Waals surface area (Å²) in [6.07, 6.45) is 12.1. The molecule has 0 fully saturated rings. The number of Topliss-reactive ketones (excluding diaryl/α,β-unsaturated/α-hetero) is 1. The van der Waals surface area contributed by atoms with Gasteiger partial charge in [-0.2, -0.15) is 0 Å². The van der Waals surface area contributed by atoms with Crippen molar-refractivity contribution in [3.05, 3.63) is 12.2 Å². The van der Waals surface area contributed by atoms with E-state index in [0.29, 0.717) is 116 Å². The lowest BCUT2D eigenvalue weighted by Gasteiger charge is -2.07. The Morgan fingerprint density at radius 3 is 1.09 bits per heavy atom. The third-order valence-corrected chi connectivity index (χ3v) is 6.98.